The zero-order valence-corrected chi connectivity index (χ0v) is 64.1. The minimum Gasteiger partial charge on any atom is -0.462 e. The molecule has 19 heteroatoms. The number of ether oxygens (including phenoxy) is 4. The molecule has 0 radical (unpaired) electrons. The monoisotopic (exact) mass is 1400 g/mol. The number of aliphatic hydroxyl groups excluding tert-OH is 1. The highest BCUT2D eigenvalue weighted by molar-refractivity contribution is 7.47. The molecule has 0 aromatic heterocycles. The van der Waals surface area contributed by atoms with Crippen molar-refractivity contribution in [1.82, 2.24) is 0 Å². The summed E-state index contributed by atoms with van der Waals surface area (Å²) in [6.45, 7) is 14.2. The molecule has 0 aliphatic heterocycles. The number of carbonyl (C=O) groups is 4. The van der Waals surface area contributed by atoms with Crippen molar-refractivity contribution in [2.75, 3.05) is 39.6 Å². The third-order valence-electron chi connectivity index (χ3n) is 18.3. The van der Waals surface area contributed by atoms with Crippen molar-refractivity contribution in [1.29, 1.82) is 0 Å². The molecule has 3 N–H and O–H groups in total. The van der Waals surface area contributed by atoms with Gasteiger partial charge in [-0.2, -0.15) is 0 Å². The molecule has 17 nitrogen and oxygen atoms in total. The molecular weight excluding hydrogens is 1250 g/mol. The predicted molar refractivity (Wildman–Crippen MR) is 386 cm³/mol. The molecule has 0 aliphatic carbocycles. The molecule has 564 valence electrons. The Labute approximate surface area is 581 Å². The van der Waals surface area contributed by atoms with E-state index in [1.165, 1.54) is 173 Å². The zero-order valence-electron chi connectivity index (χ0n) is 62.3. The summed E-state index contributed by atoms with van der Waals surface area (Å²) in [7, 11) is -9.91. The summed E-state index contributed by atoms with van der Waals surface area (Å²) in [5.74, 6) is 0.923. The highest BCUT2D eigenvalue weighted by Crippen LogP contribution is 2.45. The fourth-order valence-electron chi connectivity index (χ4n) is 11.5. The van der Waals surface area contributed by atoms with Gasteiger partial charge in [0, 0.05) is 25.7 Å². The van der Waals surface area contributed by atoms with Gasteiger partial charge < -0.3 is 33.8 Å². The van der Waals surface area contributed by atoms with E-state index in [1.807, 2.05) is 0 Å². The maximum Gasteiger partial charge on any atom is 0.472 e. The zero-order chi connectivity index (χ0) is 70.3. The van der Waals surface area contributed by atoms with E-state index in [2.05, 4.69) is 55.4 Å². The van der Waals surface area contributed by atoms with Crippen LogP contribution in [0.3, 0.4) is 0 Å². The van der Waals surface area contributed by atoms with E-state index in [1.54, 1.807) is 0 Å². The number of hydrogen-bond donors (Lipinski definition) is 3. The maximum atomic E-state index is 13.1. The first-order chi connectivity index (χ1) is 45.7. The quantitative estimate of drug-likeness (QED) is 0.0222. The van der Waals surface area contributed by atoms with Crippen molar-refractivity contribution in [3.05, 3.63) is 0 Å². The lowest BCUT2D eigenvalue weighted by molar-refractivity contribution is -0.161. The molecule has 0 saturated heterocycles. The predicted octanol–water partition coefficient (Wildman–Crippen LogP) is 22.0. The maximum absolute atomic E-state index is 13.1. The summed E-state index contributed by atoms with van der Waals surface area (Å²) >= 11 is 0. The van der Waals surface area contributed by atoms with Crippen LogP contribution >= 0.6 is 15.6 Å². The lowest BCUT2D eigenvalue weighted by atomic mass is 10.00. The van der Waals surface area contributed by atoms with Crippen LogP contribution in [0, 0.1) is 23.7 Å². The summed E-state index contributed by atoms with van der Waals surface area (Å²) < 4.78 is 68.5. The van der Waals surface area contributed by atoms with Gasteiger partial charge in [-0.05, 0) is 49.4 Å². The largest absolute Gasteiger partial charge is 0.472 e. The summed E-state index contributed by atoms with van der Waals surface area (Å²) in [6, 6.07) is 0. The van der Waals surface area contributed by atoms with Gasteiger partial charge in [-0.3, -0.25) is 37.3 Å². The second-order valence-electron chi connectivity index (χ2n) is 28.8. The third-order valence-corrected chi connectivity index (χ3v) is 20.2. The molecule has 0 fully saturated rings. The van der Waals surface area contributed by atoms with E-state index in [0.29, 0.717) is 25.7 Å². The molecule has 7 atom stereocenters. The van der Waals surface area contributed by atoms with Crippen molar-refractivity contribution in [2.45, 2.75) is 401 Å². The van der Waals surface area contributed by atoms with Gasteiger partial charge in [0.2, 0.25) is 0 Å². The van der Waals surface area contributed by atoms with Gasteiger partial charge in [0.15, 0.2) is 12.2 Å². The van der Waals surface area contributed by atoms with Gasteiger partial charge in [-0.15, -0.1) is 0 Å². The Kier molecular flexibility index (Phi) is 64.0. The number of unbranched alkanes of at least 4 members (excludes halogenated alkanes) is 37. The highest BCUT2D eigenvalue weighted by atomic mass is 31.2. The number of phosphoric ester groups is 2. The molecule has 0 aromatic rings. The topological polar surface area (TPSA) is 237 Å². The lowest BCUT2D eigenvalue weighted by Crippen LogP contribution is -2.30. The number of esters is 4. The van der Waals surface area contributed by atoms with E-state index in [-0.39, 0.29) is 25.7 Å². The molecule has 0 saturated carbocycles. The standard InChI is InChI=1S/C76H148O17P2/c1-9-68(7)54-46-38-32-34-40-48-56-73(78)86-62-71(92-75(80)58-50-42-30-26-22-18-16-14-12-11-13-15-17-20-24-28-36-44-52-66(3)4)64-90-94(82,83)88-60-70(77)61-89-95(84,85)91-65-72(63-87-74(79)57-49-41-35-33-39-47-55-69(8)10-2)93-76(81)59-51-43-31-27-23-19-21-25-29-37-45-53-67(5)6/h66-72,77H,9-65H2,1-8H3,(H,82,83)(H,84,85)/t68?,69?,70-,71-,72-/m1/s1. The number of rotatable bonds is 73. The van der Waals surface area contributed by atoms with Crippen LogP contribution in [0.1, 0.15) is 383 Å². The van der Waals surface area contributed by atoms with E-state index in [9.17, 15) is 43.2 Å². The van der Waals surface area contributed by atoms with Gasteiger partial charge in [-0.1, -0.05) is 331 Å². The van der Waals surface area contributed by atoms with Crippen molar-refractivity contribution >= 4 is 39.5 Å². The Balaban J connectivity index is 5.19. The van der Waals surface area contributed by atoms with Crippen LogP contribution in [0.25, 0.3) is 0 Å². The highest BCUT2D eigenvalue weighted by Gasteiger charge is 2.30. The average molecular weight is 1400 g/mol. The van der Waals surface area contributed by atoms with Crippen molar-refractivity contribution in [3.63, 3.8) is 0 Å². The Bertz CT molecular complexity index is 1870. The summed E-state index contributed by atoms with van der Waals surface area (Å²) in [5.41, 5.74) is 0. The number of aliphatic hydroxyl groups is 1. The number of hydrogen-bond acceptors (Lipinski definition) is 15. The van der Waals surface area contributed by atoms with Gasteiger partial charge in [-0.25, -0.2) is 9.13 Å². The van der Waals surface area contributed by atoms with Crippen LogP contribution in [0.4, 0.5) is 0 Å². The first-order valence-corrected chi connectivity index (χ1v) is 42.3. The molecule has 0 spiro atoms. The Hall–Kier alpha value is -1.94. The molecule has 0 rings (SSSR count). The molecule has 0 aromatic carbocycles. The summed E-state index contributed by atoms with van der Waals surface area (Å²) in [5, 5.41) is 10.6. The first-order valence-electron chi connectivity index (χ1n) is 39.3. The van der Waals surface area contributed by atoms with Crippen LogP contribution < -0.4 is 0 Å². The van der Waals surface area contributed by atoms with Crippen LogP contribution in [0.15, 0.2) is 0 Å². The SMILES string of the molecule is CCC(C)CCCCCCCCC(=O)OC[C@H](COP(=O)(O)OC[C@@H](O)COP(=O)(O)OC[C@@H](COC(=O)CCCCCCCCC(C)CC)OC(=O)CCCCCCCCCCCCCC(C)C)OC(=O)CCCCCCCCCCCCCCCCCCCCC(C)C. The van der Waals surface area contributed by atoms with Crippen LogP contribution in [0.5, 0.6) is 0 Å². The van der Waals surface area contributed by atoms with Gasteiger partial charge >= 0.3 is 39.5 Å². The molecule has 0 amide bonds. The summed E-state index contributed by atoms with van der Waals surface area (Å²) in [4.78, 5) is 72.7. The minimum atomic E-state index is -4.96. The third kappa shape index (κ3) is 67.6. The van der Waals surface area contributed by atoms with E-state index >= 15 is 0 Å². The Morgan fingerprint density at radius 2 is 0.505 bits per heavy atom. The minimum absolute atomic E-state index is 0.105. The number of phosphoric acid groups is 2. The number of carbonyl (C=O) groups excluding carboxylic acids is 4. The van der Waals surface area contributed by atoms with Crippen molar-refractivity contribution in [3.8, 4) is 0 Å². The average Bonchev–Trinajstić information content (AvgIpc) is 3.63. The van der Waals surface area contributed by atoms with Gasteiger partial charge in [0.05, 0.1) is 26.4 Å². The van der Waals surface area contributed by atoms with E-state index < -0.39 is 97.5 Å². The molecule has 0 aliphatic rings. The first kappa shape index (κ1) is 93.1. The van der Waals surface area contributed by atoms with Crippen molar-refractivity contribution in [2.24, 2.45) is 23.7 Å². The van der Waals surface area contributed by atoms with Crippen molar-refractivity contribution < 1.29 is 80.2 Å². The fourth-order valence-corrected chi connectivity index (χ4v) is 13.1. The molecule has 95 heavy (non-hydrogen) atoms. The second-order valence-corrected chi connectivity index (χ2v) is 31.7. The molecule has 0 bridgehead atoms. The van der Waals surface area contributed by atoms with E-state index in [4.69, 9.17) is 37.0 Å². The molecule has 4 unspecified atom stereocenters. The molecule has 0 heterocycles. The van der Waals surface area contributed by atoms with Crippen LogP contribution in [-0.2, 0) is 65.4 Å². The Morgan fingerprint density at radius 1 is 0.295 bits per heavy atom. The smallest absolute Gasteiger partial charge is 0.462 e. The second kappa shape index (κ2) is 65.4. The van der Waals surface area contributed by atoms with Crippen LogP contribution in [-0.4, -0.2) is 96.7 Å². The molecular formula is C76H148O17P2. The Morgan fingerprint density at radius 3 is 0.747 bits per heavy atom. The fraction of sp³-hybridized carbons (Fsp3) is 0.947. The lowest BCUT2D eigenvalue weighted by Gasteiger charge is -2.21. The normalized spacial score (nSPS) is 14.7. The van der Waals surface area contributed by atoms with E-state index in [0.717, 1.165) is 126 Å². The van der Waals surface area contributed by atoms with Crippen LogP contribution in [0.2, 0.25) is 0 Å². The van der Waals surface area contributed by atoms with Gasteiger partial charge in [0.1, 0.15) is 19.3 Å². The van der Waals surface area contributed by atoms with Gasteiger partial charge in [0.25, 0.3) is 0 Å². The summed E-state index contributed by atoms with van der Waals surface area (Å²) in [6.07, 6.45) is 50.1.